The number of ether oxygens (including phenoxy) is 1. The van der Waals surface area contributed by atoms with Crippen molar-refractivity contribution in [1.82, 2.24) is 0 Å². The molecule has 0 aliphatic heterocycles. The average molecular weight is 375 g/mol. The third kappa shape index (κ3) is 2.82. The Morgan fingerprint density at radius 3 is 2.56 bits per heavy atom. The number of ketones is 1. The number of hydrogen-bond acceptors (Lipinski definition) is 4. The lowest BCUT2D eigenvalue weighted by Gasteiger charge is -2.58. The summed E-state index contributed by atoms with van der Waals surface area (Å²) in [6.45, 7) is 7.90. The minimum absolute atomic E-state index is 0.00208. The minimum Gasteiger partial charge on any atom is -0.460 e. The van der Waals surface area contributed by atoms with Crippen molar-refractivity contribution in [2.24, 2.45) is 34.5 Å². The monoisotopic (exact) mass is 374 g/mol. The topological polar surface area (TPSA) is 63.6 Å². The zero-order valence-electron chi connectivity index (χ0n) is 17.2. The first-order valence-electron chi connectivity index (χ1n) is 10.7. The molecule has 3 saturated carbocycles. The summed E-state index contributed by atoms with van der Waals surface area (Å²) in [4.78, 5) is 23.8. The van der Waals surface area contributed by atoms with Crippen LogP contribution < -0.4 is 0 Å². The van der Waals surface area contributed by atoms with Crippen LogP contribution in [0.5, 0.6) is 0 Å². The highest BCUT2D eigenvalue weighted by atomic mass is 16.6. The Bertz CT molecular complexity index is 682. The molecule has 0 aromatic carbocycles. The molecule has 0 heterocycles. The summed E-state index contributed by atoms with van der Waals surface area (Å²) in [7, 11) is 0. The lowest BCUT2D eigenvalue weighted by atomic mass is 9.47. The summed E-state index contributed by atoms with van der Waals surface area (Å²) in [6.07, 6.45) is 8.27. The molecule has 0 spiro atoms. The molecule has 4 heteroatoms. The van der Waals surface area contributed by atoms with E-state index in [0.717, 1.165) is 38.5 Å². The zero-order valence-corrected chi connectivity index (χ0v) is 17.2. The van der Waals surface area contributed by atoms with Gasteiger partial charge in [0.05, 0.1) is 6.10 Å². The molecular weight excluding hydrogens is 340 g/mol. The van der Waals surface area contributed by atoms with E-state index < -0.39 is 12.2 Å². The molecule has 5 unspecified atom stereocenters. The maximum atomic E-state index is 12.3. The van der Waals surface area contributed by atoms with Gasteiger partial charge in [0.2, 0.25) is 0 Å². The molecule has 4 rings (SSSR count). The predicted molar refractivity (Wildman–Crippen MR) is 103 cm³/mol. The predicted octanol–water partition coefficient (Wildman–Crippen LogP) is 4.06. The third-order valence-corrected chi connectivity index (χ3v) is 8.92. The molecule has 27 heavy (non-hydrogen) atoms. The molecule has 1 N–H and O–H groups in total. The zero-order chi connectivity index (χ0) is 19.6. The van der Waals surface area contributed by atoms with E-state index in [2.05, 4.69) is 19.9 Å². The third-order valence-electron chi connectivity index (χ3n) is 8.92. The Hall–Kier alpha value is -1.16. The molecule has 0 bridgehead atoms. The van der Waals surface area contributed by atoms with Crippen LogP contribution in [0.4, 0.5) is 0 Å². The van der Waals surface area contributed by atoms with Crippen molar-refractivity contribution in [3.63, 3.8) is 0 Å². The summed E-state index contributed by atoms with van der Waals surface area (Å²) in [5, 5.41) is 10.5. The Labute approximate surface area is 162 Å². The van der Waals surface area contributed by atoms with E-state index in [1.165, 1.54) is 12.5 Å². The minimum atomic E-state index is -0.591. The Kier molecular flexibility index (Phi) is 4.57. The summed E-state index contributed by atoms with van der Waals surface area (Å²) < 4.78 is 5.49. The molecule has 8 atom stereocenters. The van der Waals surface area contributed by atoms with Crippen molar-refractivity contribution in [1.29, 1.82) is 0 Å². The fourth-order valence-electron chi connectivity index (χ4n) is 7.67. The van der Waals surface area contributed by atoms with Crippen LogP contribution >= 0.6 is 0 Å². The van der Waals surface area contributed by atoms with Gasteiger partial charge in [-0.15, -0.1) is 0 Å². The summed E-state index contributed by atoms with van der Waals surface area (Å²) in [5.74, 6) is 2.07. The molecule has 0 aromatic rings. The molecule has 150 valence electrons. The molecule has 3 fully saturated rings. The number of esters is 1. The normalized spacial score (nSPS) is 48.7. The number of hydrogen-bond donors (Lipinski definition) is 1. The second-order valence-electron chi connectivity index (χ2n) is 10.2. The fourth-order valence-corrected chi connectivity index (χ4v) is 7.67. The van der Waals surface area contributed by atoms with E-state index in [4.69, 9.17) is 4.74 Å². The Morgan fingerprint density at radius 1 is 1.15 bits per heavy atom. The molecule has 0 saturated heterocycles. The standard InChI is InChI=1S/C23H34O4/c1-13(24)17-7-8-18-16-6-5-15-11-20(26)21(27-14(2)25)12-23(15,4)19(16)9-10-22(17,18)3/h5,16-21,26H,6-12H2,1-4H3/t16?,17-,18?,19?,20?,21?,22-,23+/m1/s1. The number of fused-ring (bicyclic) bond motifs is 5. The highest BCUT2D eigenvalue weighted by Crippen LogP contribution is 2.66. The van der Waals surface area contributed by atoms with Crippen LogP contribution in [0.15, 0.2) is 11.6 Å². The largest absolute Gasteiger partial charge is 0.460 e. The van der Waals surface area contributed by atoms with Crippen LogP contribution in [-0.4, -0.2) is 29.1 Å². The van der Waals surface area contributed by atoms with Gasteiger partial charge in [0.25, 0.3) is 0 Å². The van der Waals surface area contributed by atoms with Gasteiger partial charge in [-0.25, -0.2) is 0 Å². The van der Waals surface area contributed by atoms with Gasteiger partial charge >= 0.3 is 5.97 Å². The van der Waals surface area contributed by atoms with Gasteiger partial charge in [0, 0.05) is 12.8 Å². The molecular formula is C23H34O4. The average Bonchev–Trinajstić information content (AvgIpc) is 2.93. The van der Waals surface area contributed by atoms with Crippen molar-refractivity contribution in [3.05, 3.63) is 11.6 Å². The first kappa shape index (κ1) is 19.2. The molecule has 4 nitrogen and oxygen atoms in total. The Balaban J connectivity index is 1.63. The number of allylic oxidation sites excluding steroid dienone is 1. The first-order chi connectivity index (χ1) is 12.7. The van der Waals surface area contributed by atoms with E-state index >= 15 is 0 Å². The van der Waals surface area contributed by atoms with Crippen LogP contribution in [0.3, 0.4) is 0 Å². The number of aliphatic hydroxyl groups excluding tert-OH is 1. The highest BCUT2D eigenvalue weighted by molar-refractivity contribution is 5.79. The fraction of sp³-hybridized carbons (Fsp3) is 0.826. The summed E-state index contributed by atoms with van der Waals surface area (Å²) >= 11 is 0. The number of Topliss-reactive ketones (excluding diaryl/α,β-unsaturated/α-hetero) is 1. The lowest BCUT2D eigenvalue weighted by molar-refractivity contribution is -0.160. The van der Waals surface area contributed by atoms with E-state index in [9.17, 15) is 14.7 Å². The maximum absolute atomic E-state index is 12.3. The second kappa shape index (κ2) is 6.43. The van der Waals surface area contributed by atoms with Gasteiger partial charge in [-0.05, 0) is 80.5 Å². The number of rotatable bonds is 2. The molecule has 4 aliphatic rings. The van der Waals surface area contributed by atoms with Gasteiger partial charge in [0.1, 0.15) is 11.9 Å². The SMILES string of the molecule is CC(=O)OC1C[C@@]2(C)C(=CCC3C2CC[C@@]2(C)C3CC[C@@H]2C(C)=O)CC1O. The van der Waals surface area contributed by atoms with Gasteiger partial charge in [0.15, 0.2) is 0 Å². The molecule has 4 aliphatic carbocycles. The van der Waals surface area contributed by atoms with Crippen molar-refractivity contribution in [2.45, 2.75) is 84.8 Å². The van der Waals surface area contributed by atoms with Crippen LogP contribution in [0.25, 0.3) is 0 Å². The molecule has 0 aromatic heterocycles. The maximum Gasteiger partial charge on any atom is 0.302 e. The van der Waals surface area contributed by atoms with Crippen LogP contribution in [0, 0.1) is 34.5 Å². The Morgan fingerprint density at radius 2 is 1.89 bits per heavy atom. The van der Waals surface area contributed by atoms with Gasteiger partial charge in [-0.1, -0.05) is 25.5 Å². The summed E-state index contributed by atoms with van der Waals surface area (Å²) in [6, 6.07) is 0. The van der Waals surface area contributed by atoms with E-state index in [1.807, 2.05) is 0 Å². The summed E-state index contributed by atoms with van der Waals surface area (Å²) in [5.41, 5.74) is 1.51. The van der Waals surface area contributed by atoms with E-state index in [0.29, 0.717) is 30.0 Å². The second-order valence-corrected chi connectivity index (χ2v) is 10.2. The van der Waals surface area contributed by atoms with Gasteiger partial charge in [-0.2, -0.15) is 0 Å². The van der Waals surface area contributed by atoms with Crippen molar-refractivity contribution >= 4 is 11.8 Å². The quantitative estimate of drug-likeness (QED) is 0.585. The smallest absolute Gasteiger partial charge is 0.302 e. The van der Waals surface area contributed by atoms with Crippen LogP contribution in [-0.2, 0) is 14.3 Å². The first-order valence-corrected chi connectivity index (χ1v) is 10.7. The van der Waals surface area contributed by atoms with Crippen LogP contribution in [0.2, 0.25) is 0 Å². The number of carbonyl (C=O) groups is 2. The number of aliphatic hydroxyl groups is 1. The van der Waals surface area contributed by atoms with E-state index in [-0.39, 0.29) is 22.7 Å². The van der Waals surface area contributed by atoms with E-state index in [1.54, 1.807) is 6.92 Å². The lowest BCUT2D eigenvalue weighted by Crippen LogP contribution is -2.53. The van der Waals surface area contributed by atoms with Gasteiger partial charge < -0.3 is 9.84 Å². The highest BCUT2D eigenvalue weighted by Gasteiger charge is 2.60. The molecule has 0 amide bonds. The number of carbonyl (C=O) groups excluding carboxylic acids is 2. The van der Waals surface area contributed by atoms with Crippen molar-refractivity contribution < 1.29 is 19.4 Å². The van der Waals surface area contributed by atoms with Crippen molar-refractivity contribution in [3.8, 4) is 0 Å². The van der Waals surface area contributed by atoms with Crippen LogP contribution in [0.1, 0.15) is 72.6 Å². The molecule has 0 radical (unpaired) electrons. The van der Waals surface area contributed by atoms with Crippen molar-refractivity contribution in [2.75, 3.05) is 0 Å². The van der Waals surface area contributed by atoms with Gasteiger partial charge in [-0.3, -0.25) is 9.59 Å².